The molecule has 20 heavy (non-hydrogen) atoms. The first kappa shape index (κ1) is 14.4. The first-order valence-electron chi connectivity index (χ1n) is 6.20. The van der Waals surface area contributed by atoms with Gasteiger partial charge in [0.25, 0.3) is 5.91 Å². The third-order valence-electron chi connectivity index (χ3n) is 3.11. The first-order chi connectivity index (χ1) is 9.56. The van der Waals surface area contributed by atoms with Crippen LogP contribution in [0.15, 0.2) is 41.0 Å². The van der Waals surface area contributed by atoms with E-state index in [0.717, 1.165) is 16.7 Å². The third-order valence-corrected chi connectivity index (χ3v) is 3.55. The lowest BCUT2D eigenvalue weighted by atomic mass is 10.2. The molecule has 1 aromatic carbocycles. The number of halogens is 1. The molecule has 1 amide bonds. The lowest BCUT2D eigenvalue weighted by molar-refractivity contribution is 0.0984. The van der Waals surface area contributed by atoms with Gasteiger partial charge < -0.3 is 9.47 Å². The average Bonchev–Trinajstić information content (AvgIpc) is 2.87. The Hall–Kier alpha value is -2.06. The summed E-state index contributed by atoms with van der Waals surface area (Å²) in [4.78, 5) is 14.1. The van der Waals surface area contributed by atoms with Gasteiger partial charge in [-0.2, -0.15) is 5.26 Å². The van der Waals surface area contributed by atoms with Crippen molar-refractivity contribution in [3.63, 3.8) is 0 Å². The first-order valence-corrected chi connectivity index (χ1v) is 7.00. The van der Waals surface area contributed by atoms with Crippen LogP contribution in [-0.4, -0.2) is 17.5 Å². The van der Waals surface area contributed by atoms with Gasteiger partial charge in [0.2, 0.25) is 0 Å². The molecule has 0 N–H and O–H groups in total. The van der Waals surface area contributed by atoms with E-state index in [9.17, 15) is 4.79 Å². The van der Waals surface area contributed by atoms with Gasteiger partial charge in [0.15, 0.2) is 0 Å². The van der Waals surface area contributed by atoms with E-state index in [-0.39, 0.29) is 5.91 Å². The second kappa shape index (κ2) is 5.93. The summed E-state index contributed by atoms with van der Waals surface area (Å²) in [6.45, 7) is 2.72. The summed E-state index contributed by atoms with van der Waals surface area (Å²) in [5, 5.41) is 8.79. The van der Waals surface area contributed by atoms with Crippen molar-refractivity contribution in [1.82, 2.24) is 4.57 Å². The largest absolute Gasteiger partial charge is 0.343 e. The van der Waals surface area contributed by atoms with E-state index in [2.05, 4.69) is 22.0 Å². The van der Waals surface area contributed by atoms with E-state index in [0.29, 0.717) is 11.3 Å². The lowest BCUT2D eigenvalue weighted by Gasteiger charge is -2.18. The van der Waals surface area contributed by atoms with Crippen LogP contribution in [0.1, 0.15) is 23.0 Å². The van der Waals surface area contributed by atoms with Crippen molar-refractivity contribution in [2.75, 3.05) is 11.9 Å². The van der Waals surface area contributed by atoms with Gasteiger partial charge in [-0.1, -0.05) is 0 Å². The maximum absolute atomic E-state index is 12.5. The van der Waals surface area contributed by atoms with Gasteiger partial charge in [0.05, 0.1) is 11.6 Å². The Balaban J connectivity index is 2.29. The Labute approximate surface area is 126 Å². The molecule has 0 unspecified atom stereocenters. The summed E-state index contributed by atoms with van der Waals surface area (Å²) in [5.74, 6) is -0.0812. The fourth-order valence-electron chi connectivity index (χ4n) is 1.96. The highest BCUT2D eigenvalue weighted by Crippen LogP contribution is 2.20. The van der Waals surface area contributed by atoms with Crippen molar-refractivity contribution in [3.8, 4) is 6.07 Å². The maximum atomic E-state index is 12.5. The van der Waals surface area contributed by atoms with E-state index in [1.165, 1.54) is 0 Å². The Morgan fingerprint density at radius 3 is 2.60 bits per heavy atom. The zero-order valence-electron chi connectivity index (χ0n) is 11.3. The molecule has 0 saturated heterocycles. The van der Waals surface area contributed by atoms with E-state index >= 15 is 0 Å². The van der Waals surface area contributed by atoms with Crippen LogP contribution in [0, 0.1) is 11.3 Å². The minimum absolute atomic E-state index is 0.0812. The van der Waals surface area contributed by atoms with Crippen molar-refractivity contribution in [2.45, 2.75) is 13.5 Å². The average molecular weight is 332 g/mol. The van der Waals surface area contributed by atoms with Crippen LogP contribution in [-0.2, 0) is 6.54 Å². The van der Waals surface area contributed by atoms with Crippen LogP contribution < -0.4 is 4.90 Å². The van der Waals surface area contributed by atoms with Crippen molar-refractivity contribution in [1.29, 1.82) is 5.26 Å². The molecule has 0 fully saturated rings. The predicted molar refractivity (Wildman–Crippen MR) is 81.7 cm³/mol. The molecule has 4 nitrogen and oxygen atoms in total. The second-order valence-corrected chi connectivity index (χ2v) is 5.27. The van der Waals surface area contributed by atoms with E-state index in [4.69, 9.17) is 5.26 Å². The van der Waals surface area contributed by atoms with Gasteiger partial charge in [-0.25, -0.2) is 0 Å². The molecule has 2 aromatic rings. The highest BCUT2D eigenvalue weighted by Gasteiger charge is 2.17. The molecule has 0 aliphatic heterocycles. The Morgan fingerprint density at radius 1 is 1.40 bits per heavy atom. The van der Waals surface area contributed by atoms with Gasteiger partial charge in [-0.15, -0.1) is 0 Å². The molecule has 0 spiro atoms. The molecule has 0 saturated carbocycles. The van der Waals surface area contributed by atoms with Gasteiger partial charge in [0, 0.05) is 29.9 Å². The number of amides is 1. The highest BCUT2D eigenvalue weighted by molar-refractivity contribution is 9.10. The maximum Gasteiger partial charge on any atom is 0.274 e. The number of hydrogen-bond donors (Lipinski definition) is 0. The molecule has 1 aromatic heterocycles. The number of carbonyl (C=O) groups is 1. The van der Waals surface area contributed by atoms with Crippen LogP contribution >= 0.6 is 15.9 Å². The SMILES string of the molecule is CCn1cc(Br)cc1C(=O)N(C)c1ccc(C#N)cc1. The van der Waals surface area contributed by atoms with Gasteiger partial charge in [-0.05, 0) is 53.2 Å². The fraction of sp³-hybridized carbons (Fsp3) is 0.200. The second-order valence-electron chi connectivity index (χ2n) is 4.35. The topological polar surface area (TPSA) is 49.0 Å². The molecule has 0 aliphatic rings. The number of hydrogen-bond acceptors (Lipinski definition) is 2. The van der Waals surface area contributed by atoms with Crippen molar-refractivity contribution in [2.24, 2.45) is 0 Å². The minimum Gasteiger partial charge on any atom is -0.343 e. The molecule has 0 atom stereocenters. The quantitative estimate of drug-likeness (QED) is 0.865. The van der Waals surface area contributed by atoms with E-state index in [1.807, 2.05) is 23.8 Å². The summed E-state index contributed by atoms with van der Waals surface area (Å²) in [6.07, 6.45) is 1.89. The van der Waals surface area contributed by atoms with Crippen LogP contribution in [0.5, 0.6) is 0 Å². The number of anilines is 1. The molecule has 2 rings (SSSR count). The Morgan fingerprint density at radius 2 is 2.05 bits per heavy atom. The van der Waals surface area contributed by atoms with Gasteiger partial charge in [-0.3, -0.25) is 4.79 Å². The number of aromatic nitrogens is 1. The number of nitrogens with zero attached hydrogens (tertiary/aromatic N) is 3. The molecule has 5 heteroatoms. The molecule has 0 aliphatic carbocycles. The van der Waals surface area contributed by atoms with Crippen LogP contribution in [0.25, 0.3) is 0 Å². The van der Waals surface area contributed by atoms with E-state index in [1.54, 1.807) is 36.2 Å². The molecular weight excluding hydrogens is 318 g/mol. The van der Waals surface area contributed by atoms with Gasteiger partial charge in [0.1, 0.15) is 5.69 Å². The molecule has 0 bridgehead atoms. The standard InChI is InChI=1S/C15H14BrN3O/c1-3-19-10-12(16)8-14(19)15(20)18(2)13-6-4-11(9-17)5-7-13/h4-8,10H,3H2,1-2H3. The lowest BCUT2D eigenvalue weighted by Crippen LogP contribution is -2.28. The van der Waals surface area contributed by atoms with Crippen molar-refractivity contribution >= 4 is 27.5 Å². The smallest absolute Gasteiger partial charge is 0.274 e. The normalized spacial score (nSPS) is 10.1. The zero-order chi connectivity index (χ0) is 14.7. The molecule has 1 heterocycles. The number of rotatable bonds is 3. The highest BCUT2D eigenvalue weighted by atomic mass is 79.9. The van der Waals surface area contributed by atoms with Crippen LogP contribution in [0.3, 0.4) is 0 Å². The minimum atomic E-state index is -0.0812. The number of carbonyl (C=O) groups excluding carboxylic acids is 1. The van der Waals surface area contributed by atoms with Gasteiger partial charge >= 0.3 is 0 Å². The van der Waals surface area contributed by atoms with Crippen LogP contribution in [0.4, 0.5) is 5.69 Å². The molecular formula is C15H14BrN3O. The van der Waals surface area contributed by atoms with Crippen LogP contribution in [0.2, 0.25) is 0 Å². The van der Waals surface area contributed by atoms with Crippen molar-refractivity contribution < 1.29 is 4.79 Å². The third kappa shape index (κ3) is 2.75. The summed E-state index contributed by atoms with van der Waals surface area (Å²) in [7, 11) is 1.73. The summed E-state index contributed by atoms with van der Waals surface area (Å²) in [6, 6.07) is 10.8. The number of aryl methyl sites for hydroxylation is 1. The Bertz CT molecular complexity index is 667. The van der Waals surface area contributed by atoms with E-state index < -0.39 is 0 Å². The zero-order valence-corrected chi connectivity index (χ0v) is 12.9. The summed E-state index contributed by atoms with van der Waals surface area (Å²) in [5.41, 5.74) is 1.97. The molecule has 0 radical (unpaired) electrons. The monoisotopic (exact) mass is 331 g/mol. The van der Waals surface area contributed by atoms with Crippen molar-refractivity contribution in [3.05, 3.63) is 52.3 Å². The predicted octanol–water partition coefficient (Wildman–Crippen LogP) is 3.42. The number of benzene rings is 1. The number of nitriles is 1. The Kier molecular flexibility index (Phi) is 4.26. The molecule has 102 valence electrons. The fourth-order valence-corrected chi connectivity index (χ4v) is 2.43. The summed E-state index contributed by atoms with van der Waals surface area (Å²) >= 11 is 3.39. The summed E-state index contributed by atoms with van der Waals surface area (Å²) < 4.78 is 2.78.